The van der Waals surface area contributed by atoms with Crippen molar-refractivity contribution in [2.24, 2.45) is 11.3 Å². The first-order chi connectivity index (χ1) is 37.4. The zero-order valence-electron chi connectivity index (χ0n) is 46.6. The Labute approximate surface area is 462 Å². The number of β-amino-alcohol motifs (C(OH)–C–C–N with tert-alkyl or cyclic N) is 1. The summed E-state index contributed by atoms with van der Waals surface area (Å²) in [6.45, 7) is 11.6. The number of hydrogen-bond acceptors (Lipinski definition) is 12. The van der Waals surface area contributed by atoms with E-state index < -0.39 is 114 Å². The molecule has 2 aromatic carbocycles. The van der Waals surface area contributed by atoms with Gasteiger partial charge in [-0.2, -0.15) is 18.6 Å². The summed E-state index contributed by atoms with van der Waals surface area (Å²) >= 11 is 0. The molecule has 4 aliphatic heterocycles. The summed E-state index contributed by atoms with van der Waals surface area (Å²) in [5, 5.41) is 27.8. The number of likely N-dealkylation sites (N-methyl/N-ethyl adjacent to an activating group) is 1. The Kier molecular flexibility index (Phi) is 17.0. The Hall–Kier alpha value is -6.51. The van der Waals surface area contributed by atoms with Crippen molar-refractivity contribution < 1.29 is 65.6 Å². The van der Waals surface area contributed by atoms with Crippen LogP contribution < -0.4 is 10.7 Å². The summed E-state index contributed by atoms with van der Waals surface area (Å²) in [6, 6.07) is 8.78. The zero-order chi connectivity index (χ0) is 58.4. The minimum absolute atomic E-state index is 0.00430. The molecule has 0 spiro atoms. The van der Waals surface area contributed by atoms with Crippen molar-refractivity contribution in [2.75, 3.05) is 53.5 Å². The predicted molar refractivity (Wildman–Crippen MR) is 286 cm³/mol. The van der Waals surface area contributed by atoms with Crippen LogP contribution in [-0.2, 0) is 52.8 Å². The molecule has 5 atom stereocenters. The number of nitrogens with one attached hydrogen (secondary N) is 2. The summed E-state index contributed by atoms with van der Waals surface area (Å²) in [5.41, 5.74) is -2.12. The van der Waals surface area contributed by atoms with Crippen molar-refractivity contribution in [3.05, 3.63) is 77.1 Å². The number of nitrogens with zero attached hydrogens (tertiary/aromatic N) is 6. The molecule has 4 aliphatic rings. The van der Waals surface area contributed by atoms with E-state index >= 15 is 8.78 Å². The molecule has 0 radical (unpaired) electrons. The quantitative estimate of drug-likeness (QED) is 0.0726. The monoisotopic (exact) mass is 1120 g/mol. The highest BCUT2D eigenvalue weighted by molar-refractivity contribution is 5.98. The lowest BCUT2D eigenvalue weighted by Crippen LogP contribution is -2.67. The maximum absolute atomic E-state index is 15.1. The highest BCUT2D eigenvalue weighted by atomic mass is 19.4. The molecule has 6 heterocycles. The molecule has 6 bridgehead atoms. The van der Waals surface area contributed by atoms with Crippen molar-refractivity contribution in [1.29, 1.82) is 0 Å². The highest BCUT2D eigenvalue weighted by Crippen LogP contribution is 2.44. The van der Waals surface area contributed by atoms with E-state index in [4.69, 9.17) is 9.47 Å². The van der Waals surface area contributed by atoms with E-state index in [-0.39, 0.29) is 67.7 Å². The number of methoxy groups -OCH3 is 1. The van der Waals surface area contributed by atoms with Crippen LogP contribution in [0.15, 0.2) is 54.7 Å². The maximum Gasteiger partial charge on any atom is 0.406 e. The number of esters is 1. The van der Waals surface area contributed by atoms with Gasteiger partial charge in [-0.3, -0.25) is 34.1 Å². The lowest BCUT2D eigenvalue weighted by molar-refractivity contribution is -0.189. The van der Waals surface area contributed by atoms with Crippen LogP contribution >= 0.6 is 0 Å². The third-order valence-electron chi connectivity index (χ3n) is 15.8. The van der Waals surface area contributed by atoms with Crippen molar-refractivity contribution in [3.63, 3.8) is 0 Å². The molecule has 4 aromatic rings. The van der Waals surface area contributed by atoms with Crippen LogP contribution in [0.1, 0.15) is 109 Å². The van der Waals surface area contributed by atoms with Crippen molar-refractivity contribution in [2.45, 2.75) is 141 Å². The van der Waals surface area contributed by atoms with Crippen LogP contribution in [0.25, 0.3) is 33.3 Å². The SMILES string of the molecule is CO[C@@H](C)c1ncccc1-c1c2c3cc(ccc3n1CC(F)(F)F)-c1cc(cc(C(F)F)c1)C[C@H](NC(=O)[C@H](C(C)C)N(C)C(=O)C1(O)CCN(C(=O)C#CC(C)(C)N3CCC3)C1)C(=O)N1CCC[C@@](O)(N1)C(=O)OCC(C)(C)C2. The molecule has 80 heavy (non-hydrogen) atoms. The number of carbonyl (C=O) groups is 5. The summed E-state index contributed by atoms with van der Waals surface area (Å²) < 4.78 is 87.3. The molecule has 3 fully saturated rings. The van der Waals surface area contributed by atoms with E-state index in [9.17, 15) is 47.4 Å². The molecule has 0 saturated carbocycles. The number of alkyl halides is 5. The first-order valence-electron chi connectivity index (χ1n) is 26.9. The first kappa shape index (κ1) is 59.6. The van der Waals surface area contributed by atoms with Gasteiger partial charge in [0.25, 0.3) is 24.1 Å². The summed E-state index contributed by atoms with van der Waals surface area (Å²) in [5.74, 6) is 0.617. The molecular weight excluding hydrogens is 1050 g/mol. The largest absolute Gasteiger partial charge is 0.462 e. The van der Waals surface area contributed by atoms with Crippen LogP contribution in [0, 0.1) is 23.2 Å². The third kappa shape index (κ3) is 12.5. The van der Waals surface area contributed by atoms with E-state index in [2.05, 4.69) is 32.5 Å². The number of hydrazine groups is 1. The number of cyclic esters (lactones) is 1. The number of pyridine rings is 1. The molecule has 17 nitrogen and oxygen atoms in total. The summed E-state index contributed by atoms with van der Waals surface area (Å²) in [4.78, 5) is 80.4. The minimum Gasteiger partial charge on any atom is -0.462 e. The average molecular weight is 1120 g/mol. The van der Waals surface area contributed by atoms with Gasteiger partial charge in [0.15, 0.2) is 5.60 Å². The predicted octanol–water partition coefficient (Wildman–Crippen LogP) is 6.48. The Bertz CT molecular complexity index is 3110. The van der Waals surface area contributed by atoms with Crippen LogP contribution in [0.5, 0.6) is 0 Å². The Morgan fingerprint density at radius 3 is 2.36 bits per heavy atom. The number of benzene rings is 2. The van der Waals surface area contributed by atoms with Crippen molar-refractivity contribution >= 4 is 40.5 Å². The number of likely N-dealkylation sites (tertiary alicyclic amines) is 2. The number of carbonyl (C=O) groups excluding carboxylic acids is 5. The zero-order valence-corrected chi connectivity index (χ0v) is 46.6. The van der Waals surface area contributed by atoms with Gasteiger partial charge in [0.1, 0.15) is 18.6 Å². The van der Waals surface area contributed by atoms with Gasteiger partial charge in [0.05, 0.1) is 36.2 Å². The van der Waals surface area contributed by atoms with Crippen molar-refractivity contribution in [1.82, 2.24) is 40.0 Å². The Balaban J connectivity index is 1.20. The van der Waals surface area contributed by atoms with Crippen LogP contribution in [-0.4, -0.2) is 158 Å². The van der Waals surface area contributed by atoms with E-state index in [1.165, 1.54) is 49.5 Å². The maximum atomic E-state index is 15.1. The molecule has 2 aromatic heterocycles. The number of hydrogen-bond donors (Lipinski definition) is 4. The number of amides is 4. The van der Waals surface area contributed by atoms with Gasteiger partial charge in [-0.25, -0.2) is 13.6 Å². The molecule has 22 heteroatoms. The second-order valence-corrected chi connectivity index (χ2v) is 23.3. The van der Waals surface area contributed by atoms with Gasteiger partial charge >= 0.3 is 12.1 Å². The second kappa shape index (κ2) is 22.8. The molecule has 0 aliphatic carbocycles. The number of aromatic nitrogens is 2. The van der Waals surface area contributed by atoms with E-state index in [0.29, 0.717) is 27.8 Å². The number of fused-ring (bicyclic) bond motifs is 6. The highest BCUT2D eigenvalue weighted by Gasteiger charge is 2.49. The minimum atomic E-state index is -4.73. The molecule has 1 unspecified atom stereocenters. The van der Waals surface area contributed by atoms with Gasteiger partial charge < -0.3 is 39.4 Å². The number of ether oxygens (including phenoxy) is 2. The summed E-state index contributed by atoms with van der Waals surface area (Å²) in [6.07, 6.45) is -6.77. The van der Waals surface area contributed by atoms with Gasteiger partial charge in [0, 0.05) is 93.2 Å². The van der Waals surface area contributed by atoms with Crippen molar-refractivity contribution in [3.8, 4) is 34.2 Å². The molecule has 3 saturated heterocycles. The number of halogens is 5. The van der Waals surface area contributed by atoms with Gasteiger partial charge in [-0.1, -0.05) is 51.8 Å². The fraction of sp³-hybridized carbons (Fsp3) is 0.552. The number of aliphatic hydroxyl groups is 2. The average Bonchev–Trinajstić information content (AvgIpc) is 4.06. The van der Waals surface area contributed by atoms with Crippen LogP contribution in [0.2, 0.25) is 0 Å². The smallest absolute Gasteiger partial charge is 0.406 e. The fourth-order valence-electron chi connectivity index (χ4n) is 11.3. The topological polar surface area (TPSA) is 199 Å². The molecular formula is C58H71F5N8O9. The molecule has 8 rings (SSSR count). The van der Waals surface area contributed by atoms with E-state index in [1.54, 1.807) is 52.8 Å². The fourth-order valence-corrected chi connectivity index (χ4v) is 11.3. The lowest BCUT2D eigenvalue weighted by atomic mass is 9.84. The number of rotatable bonds is 11. The molecule has 4 amide bonds. The third-order valence-corrected chi connectivity index (χ3v) is 15.8. The molecule has 432 valence electrons. The van der Waals surface area contributed by atoms with Gasteiger partial charge in [-0.15, -0.1) is 0 Å². The van der Waals surface area contributed by atoms with Gasteiger partial charge in [0.2, 0.25) is 11.6 Å². The van der Waals surface area contributed by atoms with E-state index in [0.717, 1.165) is 40.1 Å². The lowest BCUT2D eigenvalue weighted by Gasteiger charge is -2.41. The normalized spacial score (nSPS) is 22.8. The first-order valence-corrected chi connectivity index (χ1v) is 26.9. The second-order valence-electron chi connectivity index (χ2n) is 23.3. The van der Waals surface area contributed by atoms with E-state index in [1.807, 2.05) is 13.8 Å². The Morgan fingerprint density at radius 2 is 1.71 bits per heavy atom. The Morgan fingerprint density at radius 1 is 0.988 bits per heavy atom. The van der Waals surface area contributed by atoms with Crippen LogP contribution in [0.3, 0.4) is 0 Å². The van der Waals surface area contributed by atoms with Crippen LogP contribution in [0.4, 0.5) is 22.0 Å². The van der Waals surface area contributed by atoms with Gasteiger partial charge in [-0.05, 0) is 104 Å². The standard InChI is InChI=1S/C58H71F5N8O9/c1-34(2)47(67(8)52(75)56(77)19-24-68(31-56)45(72)16-18-55(6,7)69-21-12-22-69)50(73)65-43-27-36-25-38(28-39(26-36)49(59)60)37-14-15-44-41(29-37)42(30-54(4,5)33-80-53(76)57(78)17-11-23-71(66-57)51(43)74)48(70(44)32-58(61,62)63)40-13-10-20-64-46(40)35(3)79-9/h10,13-15,20,25-26,28-29,34-35,43,47,49,66,77-78H,11-12,17,19,21-24,27,30-33H2,1-9H3,(H,65,73)/t35-,43-,47-,56?,57-/m0/s1. The molecule has 4 N–H and O–H groups in total. The summed E-state index contributed by atoms with van der Waals surface area (Å²) in [7, 11) is 2.76.